The molecule has 0 aliphatic carbocycles. The van der Waals surface area contributed by atoms with E-state index in [4.69, 9.17) is 5.21 Å². The van der Waals surface area contributed by atoms with Gasteiger partial charge in [-0.1, -0.05) is 6.92 Å². The first-order valence-electron chi connectivity index (χ1n) is 4.07. The molecule has 0 saturated carbocycles. The second kappa shape index (κ2) is 5.24. The van der Waals surface area contributed by atoms with E-state index in [9.17, 15) is 9.90 Å². The Bertz CT molecular complexity index is 149. The molecular formula is C8H17NO3. The Balaban J connectivity index is 3.86. The fourth-order valence-electron chi connectivity index (χ4n) is 1.14. The topological polar surface area (TPSA) is 69.6 Å². The van der Waals surface area contributed by atoms with Gasteiger partial charge in [-0.2, -0.15) is 0 Å². The lowest BCUT2D eigenvalue weighted by Gasteiger charge is -2.19. The van der Waals surface area contributed by atoms with E-state index in [1.54, 1.807) is 13.8 Å². The number of aliphatic hydroxyl groups excluding tert-OH is 1. The van der Waals surface area contributed by atoms with Crippen LogP contribution in [0.5, 0.6) is 0 Å². The Kier molecular flexibility index (Phi) is 5.04. The van der Waals surface area contributed by atoms with Gasteiger partial charge in [-0.05, 0) is 26.2 Å². The van der Waals surface area contributed by atoms with Gasteiger partial charge in [0.05, 0.1) is 0 Å². The summed E-state index contributed by atoms with van der Waals surface area (Å²) in [6, 6.07) is -0.103. The molecule has 0 fully saturated rings. The van der Waals surface area contributed by atoms with Crippen molar-refractivity contribution in [3.63, 3.8) is 0 Å². The van der Waals surface area contributed by atoms with E-state index in [1.165, 1.54) is 6.92 Å². The van der Waals surface area contributed by atoms with Crippen LogP contribution < -0.4 is 5.48 Å². The highest BCUT2D eigenvalue weighted by atomic mass is 16.5. The van der Waals surface area contributed by atoms with E-state index in [-0.39, 0.29) is 17.7 Å². The maximum atomic E-state index is 10.7. The van der Waals surface area contributed by atoms with Crippen LogP contribution in [-0.4, -0.2) is 28.2 Å². The van der Waals surface area contributed by atoms with Crippen molar-refractivity contribution in [2.24, 2.45) is 5.92 Å². The van der Waals surface area contributed by atoms with Gasteiger partial charge in [0.15, 0.2) is 5.78 Å². The van der Waals surface area contributed by atoms with Gasteiger partial charge in [-0.3, -0.25) is 4.79 Å². The average molecular weight is 175 g/mol. The van der Waals surface area contributed by atoms with Crippen molar-refractivity contribution in [1.82, 2.24) is 5.48 Å². The van der Waals surface area contributed by atoms with Crippen LogP contribution in [0.3, 0.4) is 0 Å². The molecule has 0 bridgehead atoms. The van der Waals surface area contributed by atoms with Crippen molar-refractivity contribution in [3.8, 4) is 0 Å². The third-order valence-electron chi connectivity index (χ3n) is 1.90. The molecule has 0 aromatic rings. The number of aliphatic hydroxyl groups is 1. The van der Waals surface area contributed by atoms with Gasteiger partial charge in [-0.25, -0.2) is 5.48 Å². The lowest BCUT2D eigenvalue weighted by atomic mass is 9.95. The van der Waals surface area contributed by atoms with Crippen molar-refractivity contribution in [3.05, 3.63) is 0 Å². The standard InChI is InChI=1S/C8H17NO3/c1-5(4-6(2)9-12)8(11)7(3)10/h5-6,8-9,11-12H,4H2,1-3H3. The second-order valence-electron chi connectivity index (χ2n) is 3.30. The third-order valence-corrected chi connectivity index (χ3v) is 1.90. The maximum Gasteiger partial charge on any atom is 0.158 e. The molecule has 0 aromatic carbocycles. The molecule has 0 spiro atoms. The van der Waals surface area contributed by atoms with E-state index < -0.39 is 6.10 Å². The summed E-state index contributed by atoms with van der Waals surface area (Å²) in [5.74, 6) is -0.357. The van der Waals surface area contributed by atoms with E-state index in [0.717, 1.165) is 0 Å². The van der Waals surface area contributed by atoms with Crippen LogP contribution in [0.15, 0.2) is 0 Å². The van der Waals surface area contributed by atoms with Crippen LogP contribution >= 0.6 is 0 Å². The summed E-state index contributed by atoms with van der Waals surface area (Å²) in [7, 11) is 0. The Morgan fingerprint density at radius 3 is 2.33 bits per heavy atom. The van der Waals surface area contributed by atoms with Crippen LogP contribution in [0.4, 0.5) is 0 Å². The first-order valence-corrected chi connectivity index (χ1v) is 4.07. The second-order valence-corrected chi connectivity index (χ2v) is 3.30. The Morgan fingerprint density at radius 2 is 2.00 bits per heavy atom. The Labute approximate surface area is 72.5 Å². The van der Waals surface area contributed by atoms with Crippen LogP contribution in [0, 0.1) is 5.92 Å². The summed E-state index contributed by atoms with van der Waals surface area (Å²) in [5, 5.41) is 17.8. The highest BCUT2D eigenvalue weighted by Crippen LogP contribution is 2.11. The first kappa shape index (κ1) is 11.6. The molecule has 0 aromatic heterocycles. The van der Waals surface area contributed by atoms with Gasteiger partial charge >= 0.3 is 0 Å². The monoisotopic (exact) mass is 175 g/mol. The first-order chi connectivity index (χ1) is 5.49. The van der Waals surface area contributed by atoms with Crippen LogP contribution in [0.25, 0.3) is 0 Å². The predicted octanol–water partition coefficient (Wildman–Crippen LogP) is 0.330. The fraction of sp³-hybridized carbons (Fsp3) is 0.875. The summed E-state index contributed by atoms with van der Waals surface area (Å²) in [6.07, 6.45) is -0.349. The van der Waals surface area contributed by atoms with Crippen molar-refractivity contribution in [2.75, 3.05) is 0 Å². The molecule has 4 nitrogen and oxygen atoms in total. The van der Waals surface area contributed by atoms with E-state index >= 15 is 0 Å². The number of ketones is 1. The molecule has 0 radical (unpaired) electrons. The number of carbonyl (C=O) groups is 1. The number of hydrogen-bond donors (Lipinski definition) is 3. The van der Waals surface area contributed by atoms with Crippen LogP contribution in [0.2, 0.25) is 0 Å². The van der Waals surface area contributed by atoms with Crippen LogP contribution in [-0.2, 0) is 4.79 Å². The minimum absolute atomic E-state index is 0.103. The van der Waals surface area contributed by atoms with E-state index in [2.05, 4.69) is 5.48 Å². The number of rotatable bonds is 5. The van der Waals surface area contributed by atoms with Gasteiger partial charge in [0.1, 0.15) is 6.10 Å². The average Bonchev–Trinajstić information content (AvgIpc) is 2.02. The highest BCUT2D eigenvalue weighted by Gasteiger charge is 2.20. The zero-order chi connectivity index (χ0) is 9.72. The van der Waals surface area contributed by atoms with Crippen molar-refractivity contribution in [1.29, 1.82) is 0 Å². The summed E-state index contributed by atoms with van der Waals surface area (Å²) < 4.78 is 0. The summed E-state index contributed by atoms with van der Waals surface area (Å²) >= 11 is 0. The largest absolute Gasteiger partial charge is 0.385 e. The normalized spacial score (nSPS) is 18.4. The van der Waals surface area contributed by atoms with Crippen molar-refractivity contribution >= 4 is 5.78 Å². The Morgan fingerprint density at radius 1 is 1.50 bits per heavy atom. The number of nitrogens with one attached hydrogen (secondary N) is 1. The van der Waals surface area contributed by atoms with Crippen molar-refractivity contribution < 1.29 is 15.1 Å². The SMILES string of the molecule is CC(=O)C(O)C(C)CC(C)NO. The molecule has 3 unspecified atom stereocenters. The highest BCUT2D eigenvalue weighted by molar-refractivity contribution is 5.80. The minimum atomic E-state index is -0.916. The molecule has 0 aliphatic heterocycles. The molecule has 3 atom stereocenters. The number of carbonyl (C=O) groups excluding carboxylic acids is 1. The molecule has 0 rings (SSSR count). The van der Waals surface area contributed by atoms with E-state index in [1.807, 2.05) is 0 Å². The van der Waals surface area contributed by atoms with Crippen molar-refractivity contribution in [2.45, 2.75) is 39.3 Å². The molecule has 72 valence electrons. The molecule has 4 heteroatoms. The quantitative estimate of drug-likeness (QED) is 0.527. The summed E-state index contributed by atoms with van der Waals surface area (Å²) in [4.78, 5) is 10.7. The smallest absolute Gasteiger partial charge is 0.158 e. The zero-order valence-corrected chi connectivity index (χ0v) is 7.74. The minimum Gasteiger partial charge on any atom is -0.385 e. The fourth-order valence-corrected chi connectivity index (χ4v) is 1.14. The molecule has 12 heavy (non-hydrogen) atoms. The predicted molar refractivity (Wildman–Crippen MR) is 44.9 cm³/mol. The third kappa shape index (κ3) is 3.80. The number of hydrogen-bond acceptors (Lipinski definition) is 4. The lowest BCUT2D eigenvalue weighted by molar-refractivity contribution is -0.127. The molecule has 0 heterocycles. The van der Waals surface area contributed by atoms with E-state index in [0.29, 0.717) is 6.42 Å². The number of hydroxylamine groups is 1. The molecule has 3 N–H and O–H groups in total. The molecule has 0 amide bonds. The maximum absolute atomic E-state index is 10.7. The molecule has 0 aliphatic rings. The summed E-state index contributed by atoms with van der Waals surface area (Å²) in [6.45, 7) is 4.92. The molecule has 0 saturated heterocycles. The molecular weight excluding hydrogens is 158 g/mol. The van der Waals surface area contributed by atoms with Gasteiger partial charge < -0.3 is 10.3 Å². The van der Waals surface area contributed by atoms with Crippen LogP contribution in [0.1, 0.15) is 27.2 Å². The van der Waals surface area contributed by atoms with Gasteiger partial charge in [-0.15, -0.1) is 0 Å². The van der Waals surface area contributed by atoms with Gasteiger partial charge in [0, 0.05) is 6.04 Å². The zero-order valence-electron chi connectivity index (χ0n) is 7.74. The van der Waals surface area contributed by atoms with Gasteiger partial charge in [0.2, 0.25) is 0 Å². The number of Topliss-reactive ketones (excluding diaryl/α,β-unsaturated/α-hetero) is 1. The Hall–Kier alpha value is -0.450. The lowest BCUT2D eigenvalue weighted by Crippen LogP contribution is -2.32. The summed E-state index contributed by atoms with van der Waals surface area (Å²) in [5.41, 5.74) is 2.07. The van der Waals surface area contributed by atoms with Gasteiger partial charge in [0.25, 0.3) is 0 Å².